The van der Waals surface area contributed by atoms with Crippen LogP contribution in [0.1, 0.15) is 17.9 Å². The molecule has 1 aliphatic rings. The second-order valence-electron chi connectivity index (χ2n) is 5.16. The topological polar surface area (TPSA) is 64.6 Å². The molecule has 1 N–H and O–H groups in total. The van der Waals surface area contributed by atoms with E-state index in [4.69, 9.17) is 21.1 Å². The van der Waals surface area contributed by atoms with Crippen molar-refractivity contribution in [1.82, 2.24) is 5.32 Å². The maximum Gasteiger partial charge on any atom is 0.315 e. The summed E-state index contributed by atoms with van der Waals surface area (Å²) < 4.78 is 24.2. The van der Waals surface area contributed by atoms with Gasteiger partial charge in [0.2, 0.25) is 5.91 Å². The normalized spacial score (nSPS) is 21.0. The minimum Gasteiger partial charge on any atom is -0.463 e. The van der Waals surface area contributed by atoms with E-state index in [1.807, 2.05) is 0 Å². The Kier molecular flexibility index (Phi) is 5.74. The van der Waals surface area contributed by atoms with Gasteiger partial charge >= 0.3 is 5.97 Å². The van der Waals surface area contributed by atoms with E-state index >= 15 is 0 Å². The van der Waals surface area contributed by atoms with Gasteiger partial charge in [0, 0.05) is 35.7 Å². The number of esters is 1. The predicted molar refractivity (Wildman–Crippen MR) is 82.4 cm³/mol. The third-order valence-corrected chi connectivity index (χ3v) is 3.97. The molecule has 0 aliphatic carbocycles. The highest BCUT2D eigenvalue weighted by Gasteiger charge is 2.41. The smallest absolute Gasteiger partial charge is 0.315 e. The molecule has 23 heavy (non-hydrogen) atoms. The maximum absolute atomic E-state index is 14.2. The van der Waals surface area contributed by atoms with Gasteiger partial charge in [0.1, 0.15) is 18.3 Å². The summed E-state index contributed by atoms with van der Waals surface area (Å²) in [6.45, 7) is 4.00. The molecule has 0 bridgehead atoms. The minimum absolute atomic E-state index is 0.0603. The summed E-state index contributed by atoms with van der Waals surface area (Å²) in [6, 6.07) is 4.22. The third kappa shape index (κ3) is 3.89. The van der Waals surface area contributed by atoms with Gasteiger partial charge < -0.3 is 14.8 Å². The number of rotatable bonds is 5. The lowest BCUT2D eigenvalue weighted by molar-refractivity contribution is -0.150. The first-order valence-corrected chi connectivity index (χ1v) is 7.41. The molecule has 1 aliphatic heterocycles. The van der Waals surface area contributed by atoms with Gasteiger partial charge in [0.05, 0.1) is 6.61 Å². The Morgan fingerprint density at radius 2 is 2.22 bits per heavy atom. The van der Waals surface area contributed by atoms with Crippen molar-refractivity contribution in [2.75, 3.05) is 20.3 Å². The van der Waals surface area contributed by atoms with E-state index in [9.17, 15) is 14.0 Å². The van der Waals surface area contributed by atoms with Crippen LogP contribution < -0.4 is 5.32 Å². The zero-order chi connectivity index (χ0) is 17.0. The van der Waals surface area contributed by atoms with Gasteiger partial charge in [-0.2, -0.15) is 0 Å². The molecule has 0 saturated carbocycles. The lowest BCUT2D eigenvalue weighted by atomic mass is 9.79. The molecular weight excluding hydrogens is 325 g/mol. The van der Waals surface area contributed by atoms with Gasteiger partial charge in [0.25, 0.3) is 0 Å². The maximum atomic E-state index is 14.2. The highest BCUT2D eigenvalue weighted by Crippen LogP contribution is 2.40. The van der Waals surface area contributed by atoms with E-state index in [1.165, 1.54) is 25.3 Å². The summed E-state index contributed by atoms with van der Waals surface area (Å²) >= 11 is 6.08. The summed E-state index contributed by atoms with van der Waals surface area (Å²) in [5.74, 6) is -3.18. The first-order valence-electron chi connectivity index (χ1n) is 7.03. The van der Waals surface area contributed by atoms with Crippen molar-refractivity contribution in [1.29, 1.82) is 0 Å². The molecule has 0 spiro atoms. The molecule has 124 valence electrons. The number of piperidine rings is 1. The van der Waals surface area contributed by atoms with E-state index in [-0.39, 0.29) is 41.8 Å². The average molecular weight is 342 g/mol. The summed E-state index contributed by atoms with van der Waals surface area (Å²) in [4.78, 5) is 24.1. The van der Waals surface area contributed by atoms with E-state index < -0.39 is 23.6 Å². The van der Waals surface area contributed by atoms with Gasteiger partial charge in [-0.15, -0.1) is 0 Å². The molecule has 0 radical (unpaired) electrons. The number of amides is 1. The molecule has 1 aromatic rings. The molecule has 2 atom stereocenters. The van der Waals surface area contributed by atoms with Gasteiger partial charge in [-0.1, -0.05) is 24.2 Å². The Hall–Kier alpha value is -1.92. The lowest BCUT2D eigenvalue weighted by Gasteiger charge is -2.32. The van der Waals surface area contributed by atoms with Crippen LogP contribution in [0.3, 0.4) is 0 Å². The predicted octanol–water partition coefficient (Wildman–Crippen LogP) is 2.40. The number of nitrogens with one attached hydrogen (secondary N) is 1. The summed E-state index contributed by atoms with van der Waals surface area (Å²) in [6.07, 6.45) is -0.0796. The number of hydrogen-bond acceptors (Lipinski definition) is 4. The number of carbonyl (C=O) groups excluding carboxylic acids is 2. The van der Waals surface area contributed by atoms with Crippen molar-refractivity contribution >= 4 is 23.5 Å². The van der Waals surface area contributed by atoms with Crippen LogP contribution in [0.2, 0.25) is 5.02 Å². The van der Waals surface area contributed by atoms with Crippen LogP contribution in [0, 0.1) is 11.7 Å². The molecule has 0 unspecified atom stereocenters. The molecule has 1 aromatic carbocycles. The van der Waals surface area contributed by atoms with Crippen LogP contribution in [0.5, 0.6) is 0 Å². The van der Waals surface area contributed by atoms with Gasteiger partial charge in [-0.3, -0.25) is 9.59 Å². The molecular formula is C16H17ClFNO4. The Morgan fingerprint density at radius 1 is 1.48 bits per heavy atom. The molecule has 1 heterocycles. The highest BCUT2D eigenvalue weighted by molar-refractivity contribution is 6.31. The van der Waals surface area contributed by atoms with Crippen molar-refractivity contribution < 1.29 is 23.5 Å². The van der Waals surface area contributed by atoms with Crippen LogP contribution in [-0.2, 0) is 19.1 Å². The number of benzene rings is 1. The van der Waals surface area contributed by atoms with E-state index in [2.05, 4.69) is 11.9 Å². The molecule has 1 saturated heterocycles. The Bertz CT molecular complexity index is 614. The van der Waals surface area contributed by atoms with Crippen LogP contribution in [-0.4, -0.2) is 32.2 Å². The molecule has 2 rings (SSSR count). The second kappa shape index (κ2) is 7.57. The zero-order valence-corrected chi connectivity index (χ0v) is 13.4. The quantitative estimate of drug-likeness (QED) is 0.660. The highest BCUT2D eigenvalue weighted by atomic mass is 35.5. The largest absolute Gasteiger partial charge is 0.463 e. The van der Waals surface area contributed by atoms with Crippen LogP contribution in [0.25, 0.3) is 0 Å². The standard InChI is InChI=1S/C16H17ClFNO4/c1-9-14(16(21)23-7-6-22-2)10(8-13(20)19-9)15-11(17)4-3-5-12(15)18/h3-5,10,14H,1,6-8H2,2H3,(H,19,20)/t10-,14-/m0/s1. The monoisotopic (exact) mass is 341 g/mol. The molecule has 1 amide bonds. The van der Waals surface area contributed by atoms with Crippen molar-refractivity contribution in [3.8, 4) is 0 Å². The minimum atomic E-state index is -0.904. The first-order chi connectivity index (χ1) is 11.0. The van der Waals surface area contributed by atoms with Crippen molar-refractivity contribution in [3.63, 3.8) is 0 Å². The number of carbonyl (C=O) groups is 2. The summed E-state index contributed by atoms with van der Waals surface area (Å²) in [5.41, 5.74) is 0.298. The zero-order valence-electron chi connectivity index (χ0n) is 12.6. The first kappa shape index (κ1) is 17.4. The van der Waals surface area contributed by atoms with E-state index in [1.54, 1.807) is 0 Å². The fourth-order valence-electron chi connectivity index (χ4n) is 2.62. The van der Waals surface area contributed by atoms with E-state index in [0.29, 0.717) is 0 Å². The fourth-order valence-corrected chi connectivity index (χ4v) is 2.93. The molecule has 5 nitrogen and oxygen atoms in total. The number of halogens is 2. The second-order valence-corrected chi connectivity index (χ2v) is 5.56. The number of hydrogen-bond donors (Lipinski definition) is 1. The SMILES string of the molecule is C=C1NC(=O)C[C@H](c2c(F)cccc2Cl)[C@H]1C(=O)OCCOC. The van der Waals surface area contributed by atoms with Crippen LogP contribution >= 0.6 is 11.6 Å². The fraction of sp³-hybridized carbons (Fsp3) is 0.375. The average Bonchev–Trinajstić information content (AvgIpc) is 2.46. The van der Waals surface area contributed by atoms with Gasteiger partial charge in [-0.05, 0) is 12.1 Å². The third-order valence-electron chi connectivity index (χ3n) is 3.64. The van der Waals surface area contributed by atoms with Crippen LogP contribution in [0.15, 0.2) is 30.5 Å². The van der Waals surface area contributed by atoms with Crippen molar-refractivity contribution in [2.24, 2.45) is 5.92 Å². The van der Waals surface area contributed by atoms with Crippen molar-refractivity contribution in [2.45, 2.75) is 12.3 Å². The van der Waals surface area contributed by atoms with Gasteiger partial charge in [-0.25, -0.2) is 4.39 Å². The Balaban J connectivity index is 2.34. The van der Waals surface area contributed by atoms with Crippen LogP contribution in [0.4, 0.5) is 4.39 Å². The lowest BCUT2D eigenvalue weighted by Crippen LogP contribution is -2.42. The summed E-state index contributed by atoms with van der Waals surface area (Å²) in [7, 11) is 1.48. The Labute approximate surface area is 138 Å². The molecule has 0 aromatic heterocycles. The molecule has 7 heteroatoms. The number of ether oxygens (including phenoxy) is 2. The van der Waals surface area contributed by atoms with E-state index in [0.717, 1.165) is 0 Å². The summed E-state index contributed by atoms with van der Waals surface area (Å²) in [5, 5.41) is 2.67. The molecule has 1 fully saturated rings. The van der Waals surface area contributed by atoms with Crippen molar-refractivity contribution in [3.05, 3.63) is 46.9 Å². The Morgan fingerprint density at radius 3 is 2.87 bits per heavy atom. The number of methoxy groups -OCH3 is 1. The van der Waals surface area contributed by atoms with Gasteiger partial charge in [0.15, 0.2) is 0 Å².